The first-order valence-electron chi connectivity index (χ1n) is 8.48. The van der Waals surface area contributed by atoms with Gasteiger partial charge in [0, 0.05) is 31.9 Å². The molecule has 3 aliphatic rings. The highest BCUT2D eigenvalue weighted by molar-refractivity contribution is 6.03. The lowest BCUT2D eigenvalue weighted by Crippen LogP contribution is -2.30. The van der Waals surface area contributed by atoms with Crippen LogP contribution in [0.4, 0.5) is 0 Å². The lowest BCUT2D eigenvalue weighted by molar-refractivity contribution is -0.117. The smallest absolute Gasteiger partial charge is 0.172 e. The number of methoxy groups -OCH3 is 1. The van der Waals surface area contributed by atoms with Gasteiger partial charge in [-0.3, -0.25) is 4.79 Å². The molecule has 0 N–H and O–H groups in total. The number of hydrogen-bond donors (Lipinski definition) is 0. The Morgan fingerprint density at radius 2 is 1.84 bits per heavy atom. The second-order valence-electron chi connectivity index (χ2n) is 6.83. The molecule has 25 heavy (non-hydrogen) atoms. The Labute approximate surface area is 148 Å². The highest BCUT2D eigenvalue weighted by Crippen LogP contribution is 2.44. The van der Waals surface area contributed by atoms with E-state index in [9.17, 15) is 4.79 Å². The number of carbonyl (C=O) groups excluding carboxylic acids is 1. The molecule has 2 aliphatic heterocycles. The number of rotatable bonds is 2. The fourth-order valence-electron chi connectivity index (χ4n) is 3.97. The first-order valence-corrected chi connectivity index (χ1v) is 8.48. The normalized spacial score (nSPS) is 22.3. The lowest BCUT2D eigenvalue weighted by atomic mass is 9.84. The van der Waals surface area contributed by atoms with Crippen LogP contribution < -0.4 is 4.74 Å². The van der Waals surface area contributed by atoms with Crippen LogP contribution in [-0.4, -0.2) is 43.3 Å². The van der Waals surface area contributed by atoms with Crippen LogP contribution >= 0.6 is 0 Å². The van der Waals surface area contributed by atoms with E-state index in [4.69, 9.17) is 4.74 Å². The number of ether oxygens (including phenoxy) is 1. The Morgan fingerprint density at radius 1 is 1.12 bits per heavy atom. The summed E-state index contributed by atoms with van der Waals surface area (Å²) in [5, 5.41) is 0. The molecule has 0 bridgehead atoms. The van der Waals surface area contributed by atoms with E-state index < -0.39 is 0 Å². The van der Waals surface area contributed by atoms with Crippen LogP contribution in [0, 0.1) is 5.92 Å². The maximum absolute atomic E-state index is 12.8. The molecule has 1 unspecified atom stereocenters. The predicted molar refractivity (Wildman–Crippen MR) is 98.7 cm³/mol. The molecule has 0 saturated heterocycles. The molecule has 1 atom stereocenters. The summed E-state index contributed by atoms with van der Waals surface area (Å²) in [6.07, 6.45) is 6.21. The number of allylic oxidation sites excluding steroid dienone is 5. The Hall–Kier alpha value is -2.75. The highest BCUT2D eigenvalue weighted by atomic mass is 16.5. The molecule has 0 aromatic heterocycles. The van der Waals surface area contributed by atoms with Crippen molar-refractivity contribution in [3.05, 3.63) is 70.7 Å². The molecule has 2 heterocycles. The van der Waals surface area contributed by atoms with Crippen LogP contribution in [0.5, 0.6) is 5.75 Å². The number of fused-ring (bicyclic) bond motifs is 2. The number of Topliss-reactive ketones (excluding diaryl/α,β-unsaturated/α-hetero) is 1. The minimum absolute atomic E-state index is 0.180. The molecule has 0 fully saturated rings. The van der Waals surface area contributed by atoms with Gasteiger partial charge in [-0.05, 0) is 47.9 Å². The first kappa shape index (κ1) is 15.8. The fourth-order valence-corrected chi connectivity index (χ4v) is 3.97. The number of likely N-dealkylation sites (N-methyl/N-ethyl adjacent to an activating group) is 1. The van der Waals surface area contributed by atoms with Gasteiger partial charge in [0.05, 0.1) is 13.0 Å². The van der Waals surface area contributed by atoms with Crippen molar-refractivity contribution in [2.24, 2.45) is 5.92 Å². The summed E-state index contributed by atoms with van der Waals surface area (Å²) in [5.41, 5.74) is 5.38. The van der Waals surface area contributed by atoms with Gasteiger partial charge >= 0.3 is 0 Å². The molecule has 0 amide bonds. The topological polar surface area (TPSA) is 32.8 Å². The van der Waals surface area contributed by atoms with E-state index in [1.165, 1.54) is 5.57 Å². The van der Waals surface area contributed by atoms with Crippen molar-refractivity contribution in [1.29, 1.82) is 0 Å². The van der Waals surface area contributed by atoms with Gasteiger partial charge in [-0.1, -0.05) is 18.2 Å². The first-order chi connectivity index (χ1) is 12.0. The zero-order valence-corrected chi connectivity index (χ0v) is 15.0. The van der Waals surface area contributed by atoms with Gasteiger partial charge in [-0.15, -0.1) is 0 Å². The van der Waals surface area contributed by atoms with E-state index in [-0.39, 0.29) is 11.7 Å². The summed E-state index contributed by atoms with van der Waals surface area (Å²) >= 11 is 0. The van der Waals surface area contributed by atoms with Gasteiger partial charge in [0.15, 0.2) is 5.78 Å². The summed E-state index contributed by atoms with van der Waals surface area (Å²) in [4.78, 5) is 17.2. The molecule has 0 saturated carbocycles. The zero-order valence-electron chi connectivity index (χ0n) is 15.0. The van der Waals surface area contributed by atoms with Crippen molar-refractivity contribution in [3.8, 4) is 5.75 Å². The lowest BCUT2D eigenvalue weighted by Gasteiger charge is -2.31. The quantitative estimate of drug-likeness (QED) is 0.831. The average Bonchev–Trinajstić information content (AvgIpc) is 2.91. The van der Waals surface area contributed by atoms with Crippen molar-refractivity contribution in [2.75, 3.05) is 27.7 Å². The maximum atomic E-state index is 12.8. The minimum Gasteiger partial charge on any atom is -0.497 e. The fraction of sp³-hybridized carbons (Fsp3) is 0.286. The van der Waals surface area contributed by atoms with Gasteiger partial charge in [0.1, 0.15) is 11.6 Å². The average molecular weight is 334 g/mol. The van der Waals surface area contributed by atoms with Crippen LogP contribution in [0.15, 0.2) is 65.2 Å². The molecule has 4 heteroatoms. The molecule has 0 spiro atoms. The number of ketones is 1. The SMILES string of the molecule is COc1ccc(C2=CC3=C(N(C)C2)N(C)C2=CC=C(C)C(=O)C23)cc1. The Kier molecular flexibility index (Phi) is 3.57. The summed E-state index contributed by atoms with van der Waals surface area (Å²) in [6, 6.07) is 8.11. The molecule has 1 aliphatic carbocycles. The van der Waals surface area contributed by atoms with Crippen molar-refractivity contribution in [2.45, 2.75) is 6.92 Å². The van der Waals surface area contributed by atoms with E-state index in [2.05, 4.69) is 41.1 Å². The molecule has 1 aromatic rings. The van der Waals surface area contributed by atoms with Crippen LogP contribution in [0.1, 0.15) is 12.5 Å². The van der Waals surface area contributed by atoms with E-state index in [0.717, 1.165) is 40.5 Å². The van der Waals surface area contributed by atoms with Crippen molar-refractivity contribution >= 4 is 11.4 Å². The Bertz CT molecular complexity index is 872. The molecule has 4 rings (SSSR count). The van der Waals surface area contributed by atoms with E-state index in [0.29, 0.717) is 0 Å². The van der Waals surface area contributed by atoms with Gasteiger partial charge in [-0.25, -0.2) is 0 Å². The zero-order chi connectivity index (χ0) is 17.7. The third-order valence-corrected chi connectivity index (χ3v) is 5.28. The summed E-state index contributed by atoms with van der Waals surface area (Å²) < 4.78 is 5.25. The Morgan fingerprint density at radius 3 is 2.52 bits per heavy atom. The van der Waals surface area contributed by atoms with Gasteiger partial charge in [0.2, 0.25) is 0 Å². The van der Waals surface area contributed by atoms with E-state index in [1.807, 2.05) is 32.2 Å². The molecule has 128 valence electrons. The monoisotopic (exact) mass is 334 g/mol. The number of carbonyl (C=O) groups is 1. The van der Waals surface area contributed by atoms with Crippen molar-refractivity contribution in [3.63, 3.8) is 0 Å². The van der Waals surface area contributed by atoms with Crippen LogP contribution in [-0.2, 0) is 4.79 Å². The van der Waals surface area contributed by atoms with Gasteiger partial charge < -0.3 is 14.5 Å². The standard InChI is InChI=1S/C21H22N2O2/c1-13-5-10-18-19(20(13)24)17-11-15(12-22(2)21(17)23(18)3)14-6-8-16(25-4)9-7-14/h5-11,19H,12H2,1-4H3. The third kappa shape index (κ3) is 2.32. The number of nitrogens with zero attached hydrogens (tertiary/aromatic N) is 2. The van der Waals surface area contributed by atoms with Crippen LogP contribution in [0.2, 0.25) is 0 Å². The summed E-state index contributed by atoms with van der Waals surface area (Å²) in [7, 11) is 5.81. The van der Waals surface area contributed by atoms with E-state index >= 15 is 0 Å². The number of benzene rings is 1. The van der Waals surface area contributed by atoms with Gasteiger partial charge in [0.25, 0.3) is 0 Å². The molecule has 4 nitrogen and oxygen atoms in total. The minimum atomic E-state index is -0.180. The molecule has 1 aromatic carbocycles. The largest absolute Gasteiger partial charge is 0.497 e. The predicted octanol–water partition coefficient (Wildman–Crippen LogP) is 3.21. The van der Waals surface area contributed by atoms with Gasteiger partial charge in [-0.2, -0.15) is 0 Å². The third-order valence-electron chi connectivity index (χ3n) is 5.28. The molecular formula is C21H22N2O2. The van der Waals surface area contributed by atoms with Crippen LogP contribution in [0.25, 0.3) is 5.57 Å². The summed E-state index contributed by atoms with van der Waals surface area (Å²) in [6.45, 7) is 2.71. The maximum Gasteiger partial charge on any atom is 0.172 e. The van der Waals surface area contributed by atoms with Crippen LogP contribution in [0.3, 0.4) is 0 Å². The van der Waals surface area contributed by atoms with E-state index in [1.54, 1.807) is 7.11 Å². The Balaban J connectivity index is 1.79. The molecule has 0 radical (unpaired) electrons. The van der Waals surface area contributed by atoms with Crippen molar-refractivity contribution in [1.82, 2.24) is 9.80 Å². The van der Waals surface area contributed by atoms with Crippen molar-refractivity contribution < 1.29 is 9.53 Å². The molecular weight excluding hydrogens is 312 g/mol. The summed E-state index contributed by atoms with van der Waals surface area (Å²) in [5.74, 6) is 2.00. The number of hydrogen-bond acceptors (Lipinski definition) is 4. The second kappa shape index (κ2) is 5.66. The second-order valence-corrected chi connectivity index (χ2v) is 6.83. The highest BCUT2D eigenvalue weighted by Gasteiger charge is 2.42.